The van der Waals surface area contributed by atoms with E-state index in [2.05, 4.69) is 32.0 Å². The van der Waals surface area contributed by atoms with Crippen molar-refractivity contribution < 1.29 is 4.42 Å². The van der Waals surface area contributed by atoms with Crippen LogP contribution in [-0.2, 0) is 0 Å². The summed E-state index contributed by atoms with van der Waals surface area (Å²) in [5, 5.41) is 0. The van der Waals surface area contributed by atoms with Crippen LogP contribution in [0.3, 0.4) is 0 Å². The minimum Gasteiger partial charge on any atom is -0.461 e. The molecule has 0 aliphatic rings. The maximum Gasteiger partial charge on any atom is 0.134 e. The van der Waals surface area contributed by atoms with E-state index in [4.69, 9.17) is 4.42 Å². The van der Waals surface area contributed by atoms with Crippen molar-refractivity contribution in [2.75, 3.05) is 0 Å². The molecule has 0 radical (unpaired) electrons. The Bertz CT molecular complexity index is 452. The molecule has 0 spiro atoms. The van der Waals surface area contributed by atoms with Crippen molar-refractivity contribution >= 4 is 0 Å². The van der Waals surface area contributed by atoms with Crippen molar-refractivity contribution in [1.82, 2.24) is 0 Å². The van der Waals surface area contributed by atoms with Crippen LogP contribution in [-0.4, -0.2) is 0 Å². The molecule has 0 saturated carbocycles. The molecular weight excluding hydrogens is 172 g/mol. The predicted molar refractivity (Wildman–Crippen MR) is 58.4 cm³/mol. The molecule has 14 heavy (non-hydrogen) atoms. The highest BCUT2D eigenvalue weighted by Crippen LogP contribution is 2.26. The largest absolute Gasteiger partial charge is 0.461 e. The van der Waals surface area contributed by atoms with Crippen LogP contribution in [0, 0.1) is 20.8 Å². The average molecular weight is 186 g/mol. The molecule has 1 aromatic heterocycles. The van der Waals surface area contributed by atoms with Gasteiger partial charge < -0.3 is 4.42 Å². The van der Waals surface area contributed by atoms with Gasteiger partial charge in [0.15, 0.2) is 0 Å². The van der Waals surface area contributed by atoms with E-state index in [1.165, 1.54) is 16.7 Å². The van der Waals surface area contributed by atoms with Crippen LogP contribution in [0.15, 0.2) is 34.7 Å². The van der Waals surface area contributed by atoms with E-state index in [-0.39, 0.29) is 0 Å². The fourth-order valence-corrected chi connectivity index (χ4v) is 1.58. The molecule has 0 unspecified atom stereocenters. The van der Waals surface area contributed by atoms with Gasteiger partial charge >= 0.3 is 0 Å². The Morgan fingerprint density at radius 1 is 0.929 bits per heavy atom. The molecule has 0 amide bonds. The summed E-state index contributed by atoms with van der Waals surface area (Å²) in [7, 11) is 0. The van der Waals surface area contributed by atoms with Gasteiger partial charge in [-0.15, -0.1) is 0 Å². The summed E-state index contributed by atoms with van der Waals surface area (Å²) in [6.07, 6.45) is 0. The first-order valence-electron chi connectivity index (χ1n) is 4.81. The van der Waals surface area contributed by atoms with Crippen LogP contribution >= 0.6 is 0 Å². The van der Waals surface area contributed by atoms with E-state index in [0.717, 1.165) is 11.5 Å². The number of benzene rings is 1. The van der Waals surface area contributed by atoms with E-state index >= 15 is 0 Å². The van der Waals surface area contributed by atoms with Crippen LogP contribution < -0.4 is 0 Å². The van der Waals surface area contributed by atoms with Crippen molar-refractivity contribution in [2.24, 2.45) is 0 Å². The van der Waals surface area contributed by atoms with Crippen molar-refractivity contribution in [3.8, 4) is 11.3 Å². The highest BCUT2D eigenvalue weighted by molar-refractivity contribution is 5.63. The van der Waals surface area contributed by atoms with Gasteiger partial charge in [-0.25, -0.2) is 0 Å². The lowest BCUT2D eigenvalue weighted by atomic mass is 10.0. The standard InChI is InChI=1S/C13H14O/c1-9-4-5-10(2)12(8-9)13-7-6-11(3)14-13/h4-8H,1-3H3. The van der Waals surface area contributed by atoms with Gasteiger partial charge in [0.1, 0.15) is 11.5 Å². The third-order valence-corrected chi connectivity index (χ3v) is 2.40. The zero-order valence-corrected chi connectivity index (χ0v) is 8.79. The second-order valence-electron chi connectivity index (χ2n) is 3.73. The molecular formula is C13H14O. The molecule has 0 aliphatic heterocycles. The molecule has 2 rings (SSSR count). The minimum absolute atomic E-state index is 0.959. The highest BCUT2D eigenvalue weighted by atomic mass is 16.3. The molecule has 0 N–H and O–H groups in total. The molecule has 1 nitrogen and oxygen atoms in total. The van der Waals surface area contributed by atoms with Gasteiger partial charge in [-0.2, -0.15) is 0 Å². The summed E-state index contributed by atoms with van der Waals surface area (Å²) in [6.45, 7) is 6.17. The molecule has 0 aliphatic carbocycles. The van der Waals surface area contributed by atoms with E-state index in [0.29, 0.717) is 0 Å². The van der Waals surface area contributed by atoms with Gasteiger partial charge in [-0.3, -0.25) is 0 Å². The Morgan fingerprint density at radius 3 is 2.36 bits per heavy atom. The van der Waals surface area contributed by atoms with Gasteiger partial charge in [-0.1, -0.05) is 17.7 Å². The molecule has 72 valence electrons. The Kier molecular flexibility index (Phi) is 2.16. The lowest BCUT2D eigenvalue weighted by Gasteiger charge is -2.03. The maximum absolute atomic E-state index is 5.61. The van der Waals surface area contributed by atoms with Crippen LogP contribution in [0.4, 0.5) is 0 Å². The molecule has 0 fully saturated rings. The van der Waals surface area contributed by atoms with Crippen molar-refractivity contribution in [1.29, 1.82) is 0 Å². The topological polar surface area (TPSA) is 13.1 Å². The SMILES string of the molecule is Cc1ccc(C)c(-c2ccc(C)o2)c1. The summed E-state index contributed by atoms with van der Waals surface area (Å²) in [5.74, 6) is 1.92. The third-order valence-electron chi connectivity index (χ3n) is 2.40. The number of hydrogen-bond acceptors (Lipinski definition) is 1. The second-order valence-corrected chi connectivity index (χ2v) is 3.73. The van der Waals surface area contributed by atoms with Crippen molar-refractivity contribution in [3.05, 3.63) is 47.2 Å². The number of furan rings is 1. The maximum atomic E-state index is 5.61. The predicted octanol–water partition coefficient (Wildman–Crippen LogP) is 3.87. The normalized spacial score (nSPS) is 10.5. The van der Waals surface area contributed by atoms with Crippen LogP contribution in [0.2, 0.25) is 0 Å². The molecule has 0 bridgehead atoms. The summed E-state index contributed by atoms with van der Waals surface area (Å²) in [4.78, 5) is 0. The number of rotatable bonds is 1. The zero-order valence-electron chi connectivity index (χ0n) is 8.79. The fourth-order valence-electron chi connectivity index (χ4n) is 1.58. The quantitative estimate of drug-likeness (QED) is 0.658. The Labute approximate surface area is 84.4 Å². The number of aryl methyl sites for hydroxylation is 3. The summed E-state index contributed by atoms with van der Waals surface area (Å²) >= 11 is 0. The first-order valence-corrected chi connectivity index (χ1v) is 4.81. The monoisotopic (exact) mass is 186 g/mol. The Morgan fingerprint density at radius 2 is 1.71 bits per heavy atom. The molecule has 1 heterocycles. The zero-order chi connectivity index (χ0) is 10.1. The molecule has 2 aromatic rings. The molecule has 1 heteroatoms. The van der Waals surface area contributed by atoms with Crippen molar-refractivity contribution in [3.63, 3.8) is 0 Å². The smallest absolute Gasteiger partial charge is 0.134 e. The summed E-state index contributed by atoms with van der Waals surface area (Å²) in [6, 6.07) is 10.4. The highest BCUT2D eigenvalue weighted by Gasteiger charge is 2.05. The lowest BCUT2D eigenvalue weighted by Crippen LogP contribution is -1.82. The van der Waals surface area contributed by atoms with Gasteiger partial charge in [0.25, 0.3) is 0 Å². The van der Waals surface area contributed by atoms with E-state index in [9.17, 15) is 0 Å². The van der Waals surface area contributed by atoms with Crippen LogP contribution in [0.25, 0.3) is 11.3 Å². The molecule has 0 atom stereocenters. The number of hydrogen-bond donors (Lipinski definition) is 0. The van der Waals surface area contributed by atoms with Gasteiger partial charge in [0.05, 0.1) is 0 Å². The van der Waals surface area contributed by atoms with Crippen LogP contribution in [0.1, 0.15) is 16.9 Å². The second kappa shape index (κ2) is 3.33. The Hall–Kier alpha value is -1.50. The van der Waals surface area contributed by atoms with Gasteiger partial charge in [0.2, 0.25) is 0 Å². The minimum atomic E-state index is 0.959. The Balaban J connectivity index is 2.55. The lowest BCUT2D eigenvalue weighted by molar-refractivity contribution is 0.548. The first-order chi connectivity index (χ1) is 6.66. The first kappa shape index (κ1) is 9.07. The van der Waals surface area contributed by atoms with Crippen LogP contribution in [0.5, 0.6) is 0 Å². The molecule has 1 aromatic carbocycles. The van der Waals surface area contributed by atoms with E-state index in [1.807, 2.05) is 19.1 Å². The fraction of sp³-hybridized carbons (Fsp3) is 0.231. The van der Waals surface area contributed by atoms with E-state index < -0.39 is 0 Å². The summed E-state index contributed by atoms with van der Waals surface area (Å²) in [5.41, 5.74) is 3.71. The van der Waals surface area contributed by atoms with E-state index in [1.54, 1.807) is 0 Å². The summed E-state index contributed by atoms with van der Waals surface area (Å²) < 4.78 is 5.61. The van der Waals surface area contributed by atoms with Gasteiger partial charge in [-0.05, 0) is 44.5 Å². The van der Waals surface area contributed by atoms with Gasteiger partial charge in [0, 0.05) is 5.56 Å². The average Bonchev–Trinajstić information content (AvgIpc) is 2.56. The third kappa shape index (κ3) is 1.58. The molecule has 0 saturated heterocycles. The van der Waals surface area contributed by atoms with Crippen molar-refractivity contribution in [2.45, 2.75) is 20.8 Å².